The molecule has 2 aliphatic rings. The molecule has 2 aromatic rings. The Bertz CT molecular complexity index is 992. The summed E-state index contributed by atoms with van der Waals surface area (Å²) in [5, 5.41) is 0. The molecule has 3 unspecified atom stereocenters. The molecule has 0 amide bonds. The highest BCUT2D eigenvalue weighted by Gasteiger charge is 2.51. The Morgan fingerprint density at radius 1 is 0.935 bits per heavy atom. The van der Waals surface area contributed by atoms with Crippen molar-refractivity contribution in [3.63, 3.8) is 0 Å². The van der Waals surface area contributed by atoms with Crippen LogP contribution in [-0.4, -0.2) is 46.8 Å². The Morgan fingerprint density at radius 3 is 2.06 bits per heavy atom. The van der Waals surface area contributed by atoms with Crippen molar-refractivity contribution < 1.29 is 38.0 Å². The summed E-state index contributed by atoms with van der Waals surface area (Å²) in [6.45, 7) is 3.43. The maximum atomic E-state index is 12.9. The summed E-state index contributed by atoms with van der Waals surface area (Å²) in [7, 11) is 6.18. The van der Waals surface area contributed by atoms with Crippen LogP contribution in [-0.2, 0) is 9.53 Å². The summed E-state index contributed by atoms with van der Waals surface area (Å²) >= 11 is 0. The van der Waals surface area contributed by atoms with Crippen LogP contribution in [0.4, 0.5) is 0 Å². The molecule has 8 heteroatoms. The lowest BCUT2D eigenvalue weighted by Crippen LogP contribution is -2.51. The largest absolute Gasteiger partial charge is 0.493 e. The summed E-state index contributed by atoms with van der Waals surface area (Å²) in [5.41, 5.74) is 1.58. The predicted octanol–water partition coefficient (Wildman–Crippen LogP) is 3.53. The van der Waals surface area contributed by atoms with Crippen molar-refractivity contribution in [1.82, 2.24) is 0 Å². The van der Waals surface area contributed by atoms with Gasteiger partial charge in [-0.1, -0.05) is 0 Å². The second-order valence-electron chi connectivity index (χ2n) is 7.59. The normalized spacial score (nSPS) is 23.5. The average Bonchev–Trinajstić information content (AvgIpc) is 3.22. The van der Waals surface area contributed by atoms with Gasteiger partial charge >= 0.3 is 0 Å². The summed E-state index contributed by atoms with van der Waals surface area (Å²) < 4.78 is 39.6. The lowest BCUT2D eigenvalue weighted by Gasteiger charge is -2.44. The van der Waals surface area contributed by atoms with Crippen molar-refractivity contribution in [2.24, 2.45) is 5.92 Å². The molecule has 2 aliphatic heterocycles. The number of benzene rings is 2. The predicted molar refractivity (Wildman–Crippen MR) is 111 cm³/mol. The number of ketones is 1. The highest BCUT2D eigenvalue weighted by atomic mass is 16.7. The fourth-order valence-electron chi connectivity index (χ4n) is 4.46. The lowest BCUT2D eigenvalue weighted by molar-refractivity contribution is -0.199. The van der Waals surface area contributed by atoms with Gasteiger partial charge in [0.25, 0.3) is 0 Å². The van der Waals surface area contributed by atoms with Gasteiger partial charge in [0.05, 0.1) is 27.2 Å². The number of hydrogen-bond acceptors (Lipinski definition) is 8. The third kappa shape index (κ3) is 3.31. The molecule has 2 aromatic carbocycles. The second-order valence-corrected chi connectivity index (χ2v) is 7.59. The smallest absolute Gasteiger partial charge is 0.231 e. The van der Waals surface area contributed by atoms with E-state index in [-0.39, 0.29) is 12.6 Å². The van der Waals surface area contributed by atoms with Crippen LogP contribution in [0.5, 0.6) is 34.5 Å². The first-order valence-corrected chi connectivity index (χ1v) is 9.84. The quantitative estimate of drug-likeness (QED) is 0.689. The third-order valence-electron chi connectivity index (χ3n) is 5.94. The number of carbonyl (C=O) groups is 1. The minimum absolute atomic E-state index is 0.0774. The van der Waals surface area contributed by atoms with Gasteiger partial charge in [0.2, 0.25) is 18.3 Å². The van der Waals surface area contributed by atoms with E-state index in [0.29, 0.717) is 34.5 Å². The van der Waals surface area contributed by atoms with Crippen molar-refractivity contribution in [3.8, 4) is 34.5 Å². The van der Waals surface area contributed by atoms with Crippen LogP contribution in [0.15, 0.2) is 24.3 Å². The molecule has 4 rings (SSSR count). The molecule has 0 fully saturated rings. The van der Waals surface area contributed by atoms with Gasteiger partial charge in [0.1, 0.15) is 11.5 Å². The van der Waals surface area contributed by atoms with Crippen molar-refractivity contribution in [1.29, 1.82) is 0 Å². The highest BCUT2D eigenvalue weighted by Crippen LogP contribution is 2.54. The summed E-state index contributed by atoms with van der Waals surface area (Å²) in [5.74, 6) is 0.862. The average molecular weight is 430 g/mol. The lowest BCUT2D eigenvalue weighted by atomic mass is 9.72. The van der Waals surface area contributed by atoms with Gasteiger partial charge in [-0.05, 0) is 30.7 Å². The summed E-state index contributed by atoms with van der Waals surface area (Å²) in [6.07, 6.45) is 0. The number of fused-ring (bicyclic) bond motifs is 2. The van der Waals surface area contributed by atoms with Crippen molar-refractivity contribution in [2.75, 3.05) is 35.2 Å². The van der Waals surface area contributed by atoms with E-state index in [0.717, 1.165) is 11.1 Å². The maximum absolute atomic E-state index is 12.9. The molecule has 0 radical (unpaired) electrons. The third-order valence-corrected chi connectivity index (χ3v) is 5.94. The topological polar surface area (TPSA) is 81.7 Å². The molecule has 0 N–H and O–H groups in total. The Labute approximate surface area is 180 Å². The van der Waals surface area contributed by atoms with Gasteiger partial charge in [0, 0.05) is 31.6 Å². The van der Waals surface area contributed by atoms with E-state index in [1.165, 1.54) is 14.0 Å². The number of hydrogen-bond donors (Lipinski definition) is 0. The number of rotatable bonds is 6. The van der Waals surface area contributed by atoms with Crippen LogP contribution < -0.4 is 28.4 Å². The first-order chi connectivity index (χ1) is 14.9. The van der Waals surface area contributed by atoms with Crippen LogP contribution in [0.2, 0.25) is 0 Å². The minimum atomic E-state index is -1.20. The molecular formula is C23H26O8. The standard InChI is InChI=1S/C23H26O8/c1-12(24)21-20(13-7-18(25-3)22(27-5)19(8-13)26-4)14-9-16-17(30-11-29-16)10-15(14)31-23(21,2)28-6/h7-10,20-21H,11H2,1-6H3. The summed E-state index contributed by atoms with van der Waals surface area (Å²) in [4.78, 5) is 12.9. The molecule has 0 aromatic heterocycles. The van der Waals surface area contributed by atoms with E-state index in [4.69, 9.17) is 33.2 Å². The van der Waals surface area contributed by atoms with Crippen LogP contribution in [0, 0.1) is 5.92 Å². The van der Waals surface area contributed by atoms with Gasteiger partial charge in [-0.2, -0.15) is 0 Å². The van der Waals surface area contributed by atoms with E-state index in [1.54, 1.807) is 34.3 Å². The first kappa shape index (κ1) is 21.1. The second kappa shape index (κ2) is 7.85. The van der Waals surface area contributed by atoms with E-state index in [1.807, 2.05) is 18.2 Å². The van der Waals surface area contributed by atoms with E-state index < -0.39 is 17.6 Å². The zero-order chi connectivity index (χ0) is 22.3. The molecule has 0 saturated carbocycles. The molecule has 166 valence electrons. The van der Waals surface area contributed by atoms with Crippen molar-refractivity contribution >= 4 is 5.78 Å². The van der Waals surface area contributed by atoms with Crippen LogP contribution >= 0.6 is 0 Å². The zero-order valence-electron chi connectivity index (χ0n) is 18.4. The maximum Gasteiger partial charge on any atom is 0.231 e. The van der Waals surface area contributed by atoms with Gasteiger partial charge in [0.15, 0.2) is 23.0 Å². The zero-order valence-corrected chi connectivity index (χ0v) is 18.4. The molecule has 31 heavy (non-hydrogen) atoms. The molecule has 0 spiro atoms. The highest BCUT2D eigenvalue weighted by molar-refractivity contribution is 5.82. The van der Waals surface area contributed by atoms with E-state index in [9.17, 15) is 4.79 Å². The minimum Gasteiger partial charge on any atom is -0.493 e. The Morgan fingerprint density at radius 2 is 1.55 bits per heavy atom. The molecule has 0 saturated heterocycles. The Balaban J connectivity index is 1.99. The van der Waals surface area contributed by atoms with Gasteiger partial charge in [-0.25, -0.2) is 0 Å². The molecule has 0 aliphatic carbocycles. The van der Waals surface area contributed by atoms with Crippen LogP contribution in [0.3, 0.4) is 0 Å². The number of Topliss-reactive ketones (excluding diaryl/α,β-unsaturated/α-hetero) is 1. The van der Waals surface area contributed by atoms with Gasteiger partial charge in [-0.15, -0.1) is 0 Å². The molecule has 8 nitrogen and oxygen atoms in total. The first-order valence-electron chi connectivity index (χ1n) is 9.84. The van der Waals surface area contributed by atoms with E-state index in [2.05, 4.69) is 0 Å². The number of carbonyl (C=O) groups excluding carboxylic acids is 1. The van der Waals surface area contributed by atoms with Crippen LogP contribution in [0.25, 0.3) is 0 Å². The number of ether oxygens (including phenoxy) is 7. The Kier molecular flexibility index (Phi) is 5.35. The van der Waals surface area contributed by atoms with Crippen LogP contribution in [0.1, 0.15) is 30.9 Å². The van der Waals surface area contributed by atoms with Crippen molar-refractivity contribution in [3.05, 3.63) is 35.4 Å². The Hall–Kier alpha value is -3.13. The number of methoxy groups -OCH3 is 4. The molecule has 2 heterocycles. The monoisotopic (exact) mass is 430 g/mol. The van der Waals surface area contributed by atoms with Crippen molar-refractivity contribution in [2.45, 2.75) is 25.6 Å². The molecule has 0 bridgehead atoms. The molecular weight excluding hydrogens is 404 g/mol. The van der Waals surface area contributed by atoms with E-state index >= 15 is 0 Å². The fraction of sp³-hybridized carbons (Fsp3) is 0.435. The molecule has 3 atom stereocenters. The fourth-order valence-corrected chi connectivity index (χ4v) is 4.46. The SMILES string of the molecule is COc1cc(C2c3cc4c(cc3OC(C)(OC)C2C(C)=O)OCO4)cc(OC)c1OC. The summed E-state index contributed by atoms with van der Waals surface area (Å²) in [6, 6.07) is 7.32. The van der Waals surface area contributed by atoms with Gasteiger partial charge in [-0.3, -0.25) is 4.79 Å². The van der Waals surface area contributed by atoms with Gasteiger partial charge < -0.3 is 33.2 Å².